The van der Waals surface area contributed by atoms with E-state index in [1.807, 2.05) is 58.0 Å². The van der Waals surface area contributed by atoms with E-state index in [2.05, 4.69) is 0 Å². The summed E-state index contributed by atoms with van der Waals surface area (Å²) in [6, 6.07) is 10.1. The number of fused-ring (bicyclic) bond motifs is 1. The maximum atomic E-state index is 6.22. The van der Waals surface area contributed by atoms with Gasteiger partial charge in [0.15, 0.2) is 17.9 Å². The second-order valence-corrected chi connectivity index (χ2v) is 7.70. The minimum Gasteiger partial charge on any atom is -0.368 e. The van der Waals surface area contributed by atoms with Crippen molar-refractivity contribution < 1.29 is 28.4 Å². The van der Waals surface area contributed by atoms with Crippen molar-refractivity contribution in [3.63, 3.8) is 0 Å². The van der Waals surface area contributed by atoms with Crippen LogP contribution in [0, 0.1) is 0 Å². The lowest BCUT2D eigenvalue weighted by Crippen LogP contribution is -2.44. The lowest BCUT2D eigenvalue weighted by Gasteiger charge is -2.29. The van der Waals surface area contributed by atoms with Gasteiger partial charge in [-0.3, -0.25) is 0 Å². The van der Waals surface area contributed by atoms with E-state index in [1.54, 1.807) is 0 Å². The number of hydrogen-bond donors (Lipinski definition) is 0. The molecule has 0 aromatic heterocycles. The van der Waals surface area contributed by atoms with E-state index in [4.69, 9.17) is 28.4 Å². The third-order valence-corrected chi connectivity index (χ3v) is 4.71. The molecular weight excluding hydrogens is 324 g/mol. The van der Waals surface area contributed by atoms with Crippen molar-refractivity contribution in [3.05, 3.63) is 35.9 Å². The molecule has 3 fully saturated rings. The predicted octanol–water partition coefficient (Wildman–Crippen LogP) is 2.60. The van der Waals surface area contributed by atoms with Crippen LogP contribution in [0.2, 0.25) is 0 Å². The van der Waals surface area contributed by atoms with Gasteiger partial charge in [0.25, 0.3) is 0 Å². The molecule has 1 unspecified atom stereocenters. The summed E-state index contributed by atoms with van der Waals surface area (Å²) in [6.07, 6.45) is -1.52. The first kappa shape index (κ1) is 17.4. The molecule has 1 aromatic carbocycles. The summed E-state index contributed by atoms with van der Waals surface area (Å²) < 4.78 is 36.0. The fourth-order valence-electron chi connectivity index (χ4n) is 3.64. The van der Waals surface area contributed by atoms with Crippen LogP contribution >= 0.6 is 0 Å². The largest absolute Gasteiger partial charge is 0.368 e. The van der Waals surface area contributed by atoms with Gasteiger partial charge in [-0.25, -0.2) is 0 Å². The Morgan fingerprint density at radius 3 is 2.40 bits per heavy atom. The topological polar surface area (TPSA) is 55.4 Å². The SMILES string of the molecule is CC1(C)OC[C@H]([C@H]2O[C@@H]3OC(C)(C)O[C@H]3C2OCc2ccccc2)O1. The molecule has 3 aliphatic rings. The summed E-state index contributed by atoms with van der Waals surface area (Å²) in [5, 5.41) is 0. The molecule has 0 saturated carbocycles. The van der Waals surface area contributed by atoms with Gasteiger partial charge in [0.05, 0.1) is 13.2 Å². The smallest absolute Gasteiger partial charge is 0.190 e. The van der Waals surface area contributed by atoms with Gasteiger partial charge in [0.1, 0.15) is 24.4 Å². The Morgan fingerprint density at radius 2 is 1.72 bits per heavy atom. The average Bonchev–Trinajstić information content (AvgIpc) is 3.15. The quantitative estimate of drug-likeness (QED) is 0.832. The number of rotatable bonds is 4. The van der Waals surface area contributed by atoms with Crippen molar-refractivity contribution in [1.29, 1.82) is 0 Å². The monoisotopic (exact) mass is 350 g/mol. The van der Waals surface area contributed by atoms with Crippen LogP contribution < -0.4 is 0 Å². The summed E-state index contributed by atoms with van der Waals surface area (Å²) >= 11 is 0. The van der Waals surface area contributed by atoms with E-state index in [1.165, 1.54) is 0 Å². The highest BCUT2D eigenvalue weighted by atomic mass is 16.8. The van der Waals surface area contributed by atoms with Crippen LogP contribution in [0.3, 0.4) is 0 Å². The molecule has 0 amide bonds. The second kappa shape index (κ2) is 6.30. The Hall–Kier alpha value is -1.02. The summed E-state index contributed by atoms with van der Waals surface area (Å²) in [5.74, 6) is -1.29. The highest BCUT2D eigenvalue weighted by Crippen LogP contribution is 2.42. The Balaban J connectivity index is 1.50. The predicted molar refractivity (Wildman–Crippen MR) is 88.6 cm³/mol. The first-order valence-corrected chi connectivity index (χ1v) is 8.81. The molecule has 6 nitrogen and oxygen atoms in total. The molecule has 138 valence electrons. The number of ether oxygens (including phenoxy) is 6. The van der Waals surface area contributed by atoms with Crippen molar-refractivity contribution in [2.45, 2.75) is 76.6 Å². The van der Waals surface area contributed by atoms with Gasteiger partial charge in [-0.1, -0.05) is 30.3 Å². The second-order valence-electron chi connectivity index (χ2n) is 7.70. The molecule has 0 radical (unpaired) electrons. The Morgan fingerprint density at radius 1 is 0.960 bits per heavy atom. The molecule has 1 aromatic rings. The van der Waals surface area contributed by atoms with Gasteiger partial charge >= 0.3 is 0 Å². The van der Waals surface area contributed by atoms with Crippen LogP contribution in [-0.4, -0.2) is 48.9 Å². The molecule has 6 heteroatoms. The zero-order valence-corrected chi connectivity index (χ0v) is 15.1. The highest BCUT2D eigenvalue weighted by Gasteiger charge is 2.58. The number of hydrogen-bond acceptors (Lipinski definition) is 6. The summed E-state index contributed by atoms with van der Waals surface area (Å²) in [5.41, 5.74) is 1.10. The minimum absolute atomic E-state index is 0.211. The average molecular weight is 350 g/mol. The van der Waals surface area contributed by atoms with E-state index >= 15 is 0 Å². The van der Waals surface area contributed by atoms with E-state index < -0.39 is 17.9 Å². The number of benzene rings is 1. The van der Waals surface area contributed by atoms with Gasteiger partial charge in [0, 0.05) is 0 Å². The van der Waals surface area contributed by atoms with Gasteiger partial charge in [-0.05, 0) is 33.3 Å². The molecule has 0 spiro atoms. The van der Waals surface area contributed by atoms with Crippen LogP contribution in [0.1, 0.15) is 33.3 Å². The van der Waals surface area contributed by atoms with E-state index in [-0.39, 0.29) is 24.4 Å². The molecular formula is C19H26O6. The third-order valence-electron chi connectivity index (χ3n) is 4.71. The van der Waals surface area contributed by atoms with Gasteiger partial charge in [-0.15, -0.1) is 0 Å². The van der Waals surface area contributed by atoms with Crippen molar-refractivity contribution >= 4 is 0 Å². The molecule has 3 heterocycles. The zero-order valence-electron chi connectivity index (χ0n) is 15.1. The molecule has 4 rings (SSSR count). The molecule has 5 atom stereocenters. The van der Waals surface area contributed by atoms with Crippen LogP contribution in [-0.2, 0) is 35.0 Å². The Bertz CT molecular complexity index is 601. The third kappa shape index (κ3) is 3.60. The molecule has 0 N–H and O–H groups in total. The van der Waals surface area contributed by atoms with Crippen molar-refractivity contribution in [2.75, 3.05) is 6.61 Å². The minimum atomic E-state index is -0.680. The van der Waals surface area contributed by atoms with Crippen LogP contribution in [0.4, 0.5) is 0 Å². The Labute approximate surface area is 148 Å². The van der Waals surface area contributed by atoms with Crippen molar-refractivity contribution in [2.24, 2.45) is 0 Å². The normalized spacial score (nSPS) is 38.8. The van der Waals surface area contributed by atoms with E-state index in [0.717, 1.165) is 5.56 Å². The lowest BCUT2D eigenvalue weighted by atomic mass is 10.1. The van der Waals surface area contributed by atoms with Gasteiger partial charge in [0.2, 0.25) is 0 Å². The first-order valence-electron chi connectivity index (χ1n) is 8.81. The van der Waals surface area contributed by atoms with Crippen molar-refractivity contribution in [1.82, 2.24) is 0 Å². The fraction of sp³-hybridized carbons (Fsp3) is 0.684. The van der Waals surface area contributed by atoms with Gasteiger partial charge in [-0.2, -0.15) is 0 Å². The molecule has 25 heavy (non-hydrogen) atoms. The molecule has 3 aliphatic heterocycles. The maximum absolute atomic E-state index is 6.22. The maximum Gasteiger partial charge on any atom is 0.190 e. The van der Waals surface area contributed by atoms with Crippen LogP contribution in [0.15, 0.2) is 30.3 Å². The standard InChI is InChI=1S/C19H26O6/c1-18(2)21-11-13(23-18)14-15(20-10-12-8-6-5-7-9-12)16-17(22-14)25-19(3,4)24-16/h5-9,13-17H,10-11H2,1-4H3/t13-,14-,15?,16+,17-/m1/s1. The molecule has 0 bridgehead atoms. The van der Waals surface area contributed by atoms with Gasteiger partial charge < -0.3 is 28.4 Å². The Kier molecular flexibility index (Phi) is 4.38. The molecule has 3 saturated heterocycles. The summed E-state index contributed by atoms with van der Waals surface area (Å²) in [6.45, 7) is 8.52. The molecule has 0 aliphatic carbocycles. The van der Waals surface area contributed by atoms with Crippen LogP contribution in [0.25, 0.3) is 0 Å². The highest BCUT2D eigenvalue weighted by molar-refractivity contribution is 5.13. The summed E-state index contributed by atoms with van der Waals surface area (Å²) in [4.78, 5) is 0. The first-order chi connectivity index (χ1) is 11.8. The summed E-state index contributed by atoms with van der Waals surface area (Å²) in [7, 11) is 0. The zero-order chi connectivity index (χ0) is 17.7. The van der Waals surface area contributed by atoms with E-state index in [9.17, 15) is 0 Å². The van der Waals surface area contributed by atoms with Crippen molar-refractivity contribution in [3.8, 4) is 0 Å². The van der Waals surface area contributed by atoms with E-state index in [0.29, 0.717) is 13.2 Å². The fourth-order valence-corrected chi connectivity index (χ4v) is 3.64. The lowest BCUT2D eigenvalue weighted by molar-refractivity contribution is -0.236. The van der Waals surface area contributed by atoms with Crippen LogP contribution in [0.5, 0.6) is 0 Å².